The highest BCUT2D eigenvalue weighted by atomic mass is 32.3. The zero-order valence-electron chi connectivity index (χ0n) is 21.0. The minimum Gasteiger partial charge on any atom is -0.460 e. The van der Waals surface area contributed by atoms with Crippen molar-refractivity contribution < 1.29 is 30.4 Å². The summed E-state index contributed by atoms with van der Waals surface area (Å²) >= 11 is 0. The first-order valence-electron chi connectivity index (χ1n) is 12.8. The van der Waals surface area contributed by atoms with Gasteiger partial charge in [0.15, 0.2) is 0 Å². The van der Waals surface area contributed by atoms with E-state index >= 15 is 8.78 Å². The first kappa shape index (κ1) is 26.6. The summed E-state index contributed by atoms with van der Waals surface area (Å²) in [6, 6.07) is 18.0. The number of benzene rings is 2. The SMILES string of the molecule is CS(Cc1ccccc1)(Cc1ccccc1)OS(=O)(=O)C(F)(F)C(=O)OCC12CC3CC(CC(C3)C1)C2. The maximum atomic E-state index is 15.2. The lowest BCUT2D eigenvalue weighted by Gasteiger charge is -2.56. The third-order valence-corrected chi connectivity index (χ3v) is 12.8. The van der Waals surface area contributed by atoms with Crippen LogP contribution in [0, 0.1) is 23.2 Å². The minimum atomic E-state index is -5.61. The molecule has 0 unspecified atom stereocenters. The van der Waals surface area contributed by atoms with E-state index in [4.69, 9.17) is 8.37 Å². The number of halogens is 2. The summed E-state index contributed by atoms with van der Waals surface area (Å²) in [7, 11) is -8.25. The molecular formula is C28H34F2O5S2. The molecule has 0 saturated heterocycles. The second kappa shape index (κ2) is 9.97. The van der Waals surface area contributed by atoms with Crippen LogP contribution in [0.15, 0.2) is 60.7 Å². The average Bonchev–Trinajstić information content (AvgIpc) is 2.82. The van der Waals surface area contributed by atoms with Crippen LogP contribution in [-0.2, 0) is 34.8 Å². The Labute approximate surface area is 219 Å². The van der Waals surface area contributed by atoms with Crippen LogP contribution in [0.4, 0.5) is 8.78 Å². The van der Waals surface area contributed by atoms with Gasteiger partial charge in [-0.25, -0.2) is 8.42 Å². The Bertz CT molecular complexity index is 1140. The molecule has 0 radical (unpaired) electrons. The highest BCUT2D eigenvalue weighted by Gasteiger charge is 2.59. The van der Waals surface area contributed by atoms with Gasteiger partial charge in [0.2, 0.25) is 0 Å². The van der Waals surface area contributed by atoms with Crippen LogP contribution in [0.5, 0.6) is 0 Å². The van der Waals surface area contributed by atoms with Gasteiger partial charge in [-0.2, -0.15) is 17.2 Å². The maximum Gasteiger partial charge on any atom is 0.466 e. The van der Waals surface area contributed by atoms with Crippen molar-refractivity contribution in [2.45, 2.75) is 55.3 Å². The molecule has 0 atom stereocenters. The van der Waals surface area contributed by atoms with E-state index in [1.54, 1.807) is 54.8 Å². The lowest BCUT2D eigenvalue weighted by Crippen LogP contribution is -2.49. The predicted molar refractivity (Wildman–Crippen MR) is 140 cm³/mol. The molecule has 2 aromatic carbocycles. The Hall–Kier alpha value is -1.97. The van der Waals surface area contributed by atoms with Crippen molar-refractivity contribution in [1.82, 2.24) is 0 Å². The van der Waals surface area contributed by atoms with Crippen LogP contribution in [0.25, 0.3) is 0 Å². The van der Waals surface area contributed by atoms with E-state index in [1.165, 1.54) is 0 Å². The molecule has 0 aliphatic heterocycles. The second-order valence-corrected chi connectivity index (χ2v) is 16.4. The third kappa shape index (κ3) is 5.73. The zero-order valence-corrected chi connectivity index (χ0v) is 22.6. The fourth-order valence-corrected chi connectivity index (χ4v) is 11.7. The second-order valence-electron chi connectivity index (χ2n) is 11.5. The number of esters is 1. The van der Waals surface area contributed by atoms with Crippen LogP contribution in [0.1, 0.15) is 49.7 Å². The summed E-state index contributed by atoms with van der Waals surface area (Å²) in [5, 5.41) is -4.79. The molecule has 9 heteroatoms. The summed E-state index contributed by atoms with van der Waals surface area (Å²) in [6.45, 7) is -0.154. The summed E-state index contributed by atoms with van der Waals surface area (Å²) in [5.74, 6) is -0.0985. The number of hydrogen-bond donors (Lipinski definition) is 0. The van der Waals surface area contributed by atoms with E-state index in [0.717, 1.165) is 49.7 Å². The van der Waals surface area contributed by atoms with Crippen molar-refractivity contribution in [3.05, 3.63) is 71.8 Å². The molecule has 4 bridgehead atoms. The van der Waals surface area contributed by atoms with Crippen molar-refractivity contribution in [1.29, 1.82) is 0 Å². The van der Waals surface area contributed by atoms with Gasteiger partial charge in [-0.15, -0.1) is 10.3 Å². The van der Waals surface area contributed by atoms with Crippen molar-refractivity contribution in [2.24, 2.45) is 23.2 Å². The number of rotatable bonds is 10. The Kier molecular flexibility index (Phi) is 7.17. The van der Waals surface area contributed by atoms with Gasteiger partial charge < -0.3 is 4.74 Å². The molecule has 0 amide bonds. The molecule has 4 aliphatic rings. The van der Waals surface area contributed by atoms with Gasteiger partial charge in [0, 0.05) is 16.9 Å². The lowest BCUT2D eigenvalue weighted by atomic mass is 9.50. The van der Waals surface area contributed by atoms with Gasteiger partial charge in [0.05, 0.1) is 6.61 Å². The fraction of sp³-hybridized carbons (Fsp3) is 0.536. The van der Waals surface area contributed by atoms with E-state index in [9.17, 15) is 13.2 Å². The van der Waals surface area contributed by atoms with Crippen LogP contribution >= 0.6 is 10.3 Å². The van der Waals surface area contributed by atoms with Gasteiger partial charge in [-0.1, -0.05) is 60.7 Å². The Balaban J connectivity index is 1.31. The molecule has 5 nitrogen and oxygen atoms in total. The first-order valence-corrected chi connectivity index (χ1v) is 16.5. The van der Waals surface area contributed by atoms with Gasteiger partial charge in [0.25, 0.3) is 0 Å². The average molecular weight is 553 g/mol. The topological polar surface area (TPSA) is 69.7 Å². The molecular weight excluding hydrogens is 518 g/mol. The normalized spacial score (nSPS) is 27.7. The number of alkyl halides is 2. The van der Waals surface area contributed by atoms with Crippen LogP contribution < -0.4 is 0 Å². The van der Waals surface area contributed by atoms with Crippen molar-refractivity contribution in [3.63, 3.8) is 0 Å². The van der Waals surface area contributed by atoms with Gasteiger partial charge in [-0.05, 0) is 73.7 Å². The fourth-order valence-electron chi connectivity index (χ4n) is 7.08. The molecule has 0 spiro atoms. The number of carbonyl (C=O) groups excluding carboxylic acids is 1. The zero-order chi connectivity index (χ0) is 26.3. The van der Waals surface area contributed by atoms with Gasteiger partial charge in [0.1, 0.15) is 0 Å². The molecule has 0 aromatic heterocycles. The molecule has 0 heterocycles. The summed E-state index contributed by atoms with van der Waals surface area (Å²) in [4.78, 5) is 12.6. The Morgan fingerprint density at radius 2 is 1.30 bits per heavy atom. The van der Waals surface area contributed by atoms with Crippen molar-refractivity contribution in [3.8, 4) is 0 Å². The van der Waals surface area contributed by atoms with Gasteiger partial charge in [-0.3, -0.25) is 0 Å². The smallest absolute Gasteiger partial charge is 0.460 e. The van der Waals surface area contributed by atoms with E-state index in [2.05, 4.69) is 0 Å². The molecule has 37 heavy (non-hydrogen) atoms. The minimum absolute atomic E-state index is 0.139. The predicted octanol–water partition coefficient (Wildman–Crippen LogP) is 6.44. The van der Waals surface area contributed by atoms with Crippen molar-refractivity contribution >= 4 is 26.4 Å². The Morgan fingerprint density at radius 3 is 1.73 bits per heavy atom. The Morgan fingerprint density at radius 1 is 0.865 bits per heavy atom. The van der Waals surface area contributed by atoms with E-state index in [1.807, 2.05) is 12.1 Å². The quantitative estimate of drug-likeness (QED) is 0.318. The molecule has 0 N–H and O–H groups in total. The molecule has 4 fully saturated rings. The summed E-state index contributed by atoms with van der Waals surface area (Å²) in [5.41, 5.74) is 1.23. The highest BCUT2D eigenvalue weighted by molar-refractivity contribution is 8.31. The van der Waals surface area contributed by atoms with Crippen LogP contribution in [0.3, 0.4) is 0 Å². The van der Waals surface area contributed by atoms with Crippen LogP contribution in [-0.4, -0.2) is 32.5 Å². The standard InChI is InChI=1S/C28H34F2O5S2/c1-36(18-21-8-4-2-5-9-21,19-22-10-6-3-7-11-22)35-37(32,33)28(29,30)26(31)34-20-27-15-23-12-24(16-27)14-25(13-23)17-27/h2-11,23-25H,12-20H2,1H3. The number of ether oxygens (including phenoxy) is 1. The molecule has 4 aliphatic carbocycles. The van der Waals surface area contributed by atoms with E-state index in [0.29, 0.717) is 17.8 Å². The van der Waals surface area contributed by atoms with Crippen molar-refractivity contribution in [2.75, 3.05) is 12.9 Å². The molecule has 2 aromatic rings. The maximum absolute atomic E-state index is 15.2. The van der Waals surface area contributed by atoms with E-state index in [-0.39, 0.29) is 23.5 Å². The summed E-state index contributed by atoms with van der Waals surface area (Å²) < 4.78 is 66.7. The largest absolute Gasteiger partial charge is 0.466 e. The molecule has 6 rings (SSSR count). The highest BCUT2D eigenvalue weighted by Crippen LogP contribution is 2.60. The monoisotopic (exact) mass is 552 g/mol. The molecule has 4 saturated carbocycles. The first-order chi connectivity index (χ1) is 17.5. The number of carbonyl (C=O) groups is 1. The van der Waals surface area contributed by atoms with Crippen LogP contribution in [0.2, 0.25) is 0 Å². The molecule has 202 valence electrons. The van der Waals surface area contributed by atoms with E-state index < -0.39 is 31.7 Å². The number of hydrogen-bond acceptors (Lipinski definition) is 5. The third-order valence-electron chi connectivity index (χ3n) is 8.11. The van der Waals surface area contributed by atoms with Gasteiger partial charge >= 0.3 is 21.3 Å². The lowest BCUT2D eigenvalue weighted by molar-refractivity contribution is -0.171. The summed E-state index contributed by atoms with van der Waals surface area (Å²) in [6.07, 6.45) is 7.62.